The van der Waals surface area contributed by atoms with Gasteiger partial charge in [-0.15, -0.1) is 0 Å². The molecule has 1 aromatic carbocycles. The third-order valence-corrected chi connectivity index (χ3v) is 3.37. The Morgan fingerprint density at radius 3 is 2.81 bits per heavy atom. The van der Waals surface area contributed by atoms with E-state index in [1.54, 1.807) is 23.7 Å². The first-order valence-electron chi connectivity index (χ1n) is 6.52. The summed E-state index contributed by atoms with van der Waals surface area (Å²) in [5.41, 5.74) is 0.968. The number of carbonyl (C=O) groups excluding carboxylic acids is 1. The van der Waals surface area contributed by atoms with E-state index in [0.717, 1.165) is 0 Å². The number of aromatic nitrogens is 2. The third-order valence-electron chi connectivity index (χ3n) is 3.37. The molecule has 1 amide bonds. The van der Waals surface area contributed by atoms with Crippen LogP contribution in [0.5, 0.6) is 0 Å². The van der Waals surface area contributed by atoms with Crippen LogP contribution in [-0.2, 0) is 23.1 Å². The minimum atomic E-state index is -1.17. The van der Waals surface area contributed by atoms with Crippen LogP contribution in [0.25, 0.3) is 11.0 Å². The Balaban J connectivity index is 2.05. The van der Waals surface area contributed by atoms with Crippen LogP contribution in [0.2, 0.25) is 0 Å². The number of aryl methyl sites for hydroxylation is 1. The zero-order valence-corrected chi connectivity index (χ0v) is 11.8. The van der Waals surface area contributed by atoms with Gasteiger partial charge in [-0.05, 0) is 19.1 Å². The molecule has 2 N–H and O–H groups in total. The minimum Gasteiger partial charge on any atom is -0.481 e. The molecule has 0 aliphatic heterocycles. The summed E-state index contributed by atoms with van der Waals surface area (Å²) in [7, 11) is 1.77. The summed E-state index contributed by atoms with van der Waals surface area (Å²) >= 11 is 0. The number of imidazole rings is 1. The SMILES string of the molecule is CC(C(=O)O)C(=O)NCCc1nc2c(F)cccc2n1C. The first-order chi connectivity index (χ1) is 9.91. The van der Waals surface area contributed by atoms with Crippen molar-refractivity contribution in [1.29, 1.82) is 0 Å². The minimum absolute atomic E-state index is 0.245. The molecule has 112 valence electrons. The number of nitrogens with one attached hydrogen (secondary N) is 1. The maximum Gasteiger partial charge on any atom is 0.315 e. The molecule has 2 aromatic rings. The highest BCUT2D eigenvalue weighted by Crippen LogP contribution is 2.17. The number of hydrogen-bond acceptors (Lipinski definition) is 3. The van der Waals surface area contributed by atoms with Crippen molar-refractivity contribution in [3.8, 4) is 0 Å². The normalized spacial score (nSPS) is 12.3. The zero-order chi connectivity index (χ0) is 15.6. The Hall–Kier alpha value is -2.44. The molecule has 0 bridgehead atoms. The van der Waals surface area contributed by atoms with E-state index < -0.39 is 23.6 Å². The Bertz CT molecular complexity index is 696. The molecule has 1 unspecified atom stereocenters. The van der Waals surface area contributed by atoms with Crippen LogP contribution in [0, 0.1) is 11.7 Å². The van der Waals surface area contributed by atoms with Gasteiger partial charge in [0.1, 0.15) is 17.3 Å². The van der Waals surface area contributed by atoms with Crippen molar-refractivity contribution in [3.63, 3.8) is 0 Å². The van der Waals surface area contributed by atoms with E-state index >= 15 is 0 Å². The zero-order valence-electron chi connectivity index (χ0n) is 11.8. The largest absolute Gasteiger partial charge is 0.481 e. The lowest BCUT2D eigenvalue weighted by atomic mass is 10.2. The highest BCUT2D eigenvalue weighted by molar-refractivity contribution is 5.96. The topological polar surface area (TPSA) is 84.2 Å². The number of carbonyl (C=O) groups is 2. The number of fused-ring (bicyclic) bond motifs is 1. The maximum atomic E-state index is 13.6. The number of nitrogens with zero attached hydrogens (tertiary/aromatic N) is 2. The van der Waals surface area contributed by atoms with Gasteiger partial charge < -0.3 is 15.0 Å². The van der Waals surface area contributed by atoms with Crippen LogP contribution in [0.1, 0.15) is 12.7 Å². The summed E-state index contributed by atoms with van der Waals surface area (Å²) in [6.07, 6.45) is 0.392. The number of carboxylic acids is 1. The summed E-state index contributed by atoms with van der Waals surface area (Å²) in [6.45, 7) is 1.57. The highest BCUT2D eigenvalue weighted by Gasteiger charge is 2.20. The van der Waals surface area contributed by atoms with Crippen LogP contribution in [0.15, 0.2) is 18.2 Å². The number of aliphatic carboxylic acids is 1. The van der Waals surface area contributed by atoms with Gasteiger partial charge >= 0.3 is 5.97 Å². The molecular formula is C14H16FN3O3. The molecule has 21 heavy (non-hydrogen) atoms. The lowest BCUT2D eigenvalue weighted by molar-refractivity contribution is -0.146. The predicted octanol–water partition coefficient (Wildman–Crippen LogP) is 1.09. The lowest BCUT2D eigenvalue weighted by Crippen LogP contribution is -2.34. The summed E-state index contributed by atoms with van der Waals surface area (Å²) in [5.74, 6) is -2.58. The van der Waals surface area contributed by atoms with E-state index in [2.05, 4.69) is 10.3 Å². The van der Waals surface area contributed by atoms with Crippen LogP contribution >= 0.6 is 0 Å². The monoisotopic (exact) mass is 293 g/mol. The predicted molar refractivity (Wildman–Crippen MR) is 74.2 cm³/mol. The summed E-state index contributed by atoms with van der Waals surface area (Å²) in [5, 5.41) is 11.3. The van der Waals surface area contributed by atoms with E-state index in [1.807, 2.05) is 0 Å². The van der Waals surface area contributed by atoms with E-state index in [4.69, 9.17) is 5.11 Å². The summed E-state index contributed by atoms with van der Waals surface area (Å²) < 4.78 is 15.4. The fourth-order valence-corrected chi connectivity index (χ4v) is 2.01. The van der Waals surface area contributed by atoms with E-state index in [1.165, 1.54) is 13.0 Å². The second-order valence-corrected chi connectivity index (χ2v) is 4.80. The maximum absolute atomic E-state index is 13.6. The van der Waals surface area contributed by atoms with E-state index in [0.29, 0.717) is 23.3 Å². The molecule has 1 heterocycles. The van der Waals surface area contributed by atoms with Crippen molar-refractivity contribution < 1.29 is 19.1 Å². The standard InChI is InChI=1S/C14H16FN3O3/c1-8(14(20)21)13(19)16-7-6-11-17-12-9(15)4-3-5-10(12)18(11)2/h3-5,8H,6-7H2,1-2H3,(H,16,19)(H,20,21). The number of para-hydroxylation sites is 1. The molecule has 6 nitrogen and oxygen atoms in total. The van der Waals surface area contributed by atoms with E-state index in [-0.39, 0.29) is 6.54 Å². The average Bonchev–Trinajstić information content (AvgIpc) is 2.76. The fraction of sp³-hybridized carbons (Fsp3) is 0.357. The lowest BCUT2D eigenvalue weighted by Gasteiger charge is -2.08. The summed E-state index contributed by atoms with van der Waals surface area (Å²) in [6, 6.07) is 4.72. The van der Waals surface area contributed by atoms with E-state index in [9.17, 15) is 14.0 Å². The molecule has 0 radical (unpaired) electrons. The number of carboxylic acid groups (broad SMARTS) is 1. The van der Waals surface area contributed by atoms with Crippen molar-refractivity contribution in [2.24, 2.45) is 13.0 Å². The Morgan fingerprint density at radius 1 is 1.48 bits per heavy atom. The smallest absolute Gasteiger partial charge is 0.315 e. The molecule has 7 heteroatoms. The third kappa shape index (κ3) is 3.01. The van der Waals surface area contributed by atoms with Gasteiger partial charge in [-0.25, -0.2) is 9.37 Å². The van der Waals surface area contributed by atoms with Gasteiger partial charge in [-0.2, -0.15) is 0 Å². The van der Waals surface area contributed by atoms with Gasteiger partial charge in [0.25, 0.3) is 0 Å². The Morgan fingerprint density at radius 2 is 2.19 bits per heavy atom. The Labute approximate surface area is 120 Å². The van der Waals surface area contributed by atoms with Gasteiger partial charge in [0.15, 0.2) is 5.82 Å². The number of amides is 1. The number of benzene rings is 1. The summed E-state index contributed by atoms with van der Waals surface area (Å²) in [4.78, 5) is 26.4. The molecule has 0 spiro atoms. The second kappa shape index (κ2) is 5.90. The first kappa shape index (κ1) is 15.0. The van der Waals surface area contributed by atoms with Gasteiger partial charge in [-0.3, -0.25) is 9.59 Å². The van der Waals surface area contributed by atoms with Gasteiger partial charge in [0.2, 0.25) is 5.91 Å². The van der Waals surface area contributed by atoms with Crippen LogP contribution in [-0.4, -0.2) is 33.1 Å². The van der Waals surface area contributed by atoms with Crippen molar-refractivity contribution in [2.75, 3.05) is 6.54 Å². The molecule has 0 saturated carbocycles. The molecule has 0 fully saturated rings. The van der Waals surface area contributed by atoms with Crippen molar-refractivity contribution in [3.05, 3.63) is 29.8 Å². The van der Waals surface area contributed by atoms with Gasteiger partial charge in [-0.1, -0.05) is 6.07 Å². The van der Waals surface area contributed by atoms with Crippen molar-refractivity contribution in [1.82, 2.24) is 14.9 Å². The molecule has 1 aromatic heterocycles. The Kier molecular flexibility index (Phi) is 4.21. The number of hydrogen-bond donors (Lipinski definition) is 2. The van der Waals surface area contributed by atoms with Crippen LogP contribution in [0.3, 0.4) is 0 Å². The fourth-order valence-electron chi connectivity index (χ4n) is 2.01. The number of rotatable bonds is 5. The molecule has 0 aliphatic carbocycles. The quantitative estimate of drug-likeness (QED) is 0.808. The molecular weight excluding hydrogens is 277 g/mol. The number of halogens is 1. The van der Waals surface area contributed by atoms with Crippen LogP contribution in [0.4, 0.5) is 4.39 Å². The first-order valence-corrected chi connectivity index (χ1v) is 6.52. The van der Waals surface area contributed by atoms with Gasteiger partial charge in [0.05, 0.1) is 5.52 Å². The molecule has 0 saturated heterocycles. The van der Waals surface area contributed by atoms with Crippen molar-refractivity contribution >= 4 is 22.9 Å². The van der Waals surface area contributed by atoms with Crippen molar-refractivity contribution in [2.45, 2.75) is 13.3 Å². The molecule has 1 atom stereocenters. The van der Waals surface area contributed by atoms with Gasteiger partial charge in [0, 0.05) is 20.0 Å². The molecule has 0 aliphatic rings. The second-order valence-electron chi connectivity index (χ2n) is 4.80. The van der Waals surface area contributed by atoms with Crippen LogP contribution < -0.4 is 5.32 Å². The average molecular weight is 293 g/mol. The molecule has 2 rings (SSSR count). The highest BCUT2D eigenvalue weighted by atomic mass is 19.1.